The van der Waals surface area contributed by atoms with Crippen molar-refractivity contribution in [2.24, 2.45) is 0 Å². The maximum atomic E-state index is 10.9. The number of non-ortho nitro benzene ring substituents is 1. The van der Waals surface area contributed by atoms with Gasteiger partial charge >= 0.3 is 0 Å². The zero-order valence-corrected chi connectivity index (χ0v) is 16.2. The molecule has 0 aliphatic carbocycles. The molecule has 1 heterocycles. The van der Waals surface area contributed by atoms with Crippen LogP contribution in [0.2, 0.25) is 0 Å². The lowest BCUT2D eigenvalue weighted by Gasteiger charge is -2.06. The number of nitrogens with zero attached hydrogens (tertiary/aromatic N) is 3. The van der Waals surface area contributed by atoms with Crippen molar-refractivity contribution in [3.63, 3.8) is 0 Å². The summed E-state index contributed by atoms with van der Waals surface area (Å²) in [5.41, 5.74) is 3.78. The quantitative estimate of drug-likeness (QED) is 0.325. The van der Waals surface area contributed by atoms with Crippen molar-refractivity contribution in [2.75, 3.05) is 5.32 Å². The molecule has 0 aliphatic heterocycles. The average Bonchev–Trinajstić information content (AvgIpc) is 3.19. The lowest BCUT2D eigenvalue weighted by Crippen LogP contribution is -1.93. The summed E-state index contributed by atoms with van der Waals surface area (Å²) in [6.45, 7) is 4.27. The minimum atomic E-state index is -0.439. The van der Waals surface area contributed by atoms with Crippen LogP contribution in [-0.2, 0) is 0 Å². The van der Waals surface area contributed by atoms with Crippen molar-refractivity contribution in [3.8, 4) is 17.3 Å². The number of aromatic nitrogens is 1. The summed E-state index contributed by atoms with van der Waals surface area (Å²) in [7, 11) is 0. The number of nitro groups is 1. The zero-order valence-electron chi connectivity index (χ0n) is 15.4. The maximum absolute atomic E-state index is 10.9. The molecule has 0 aliphatic rings. The lowest BCUT2D eigenvalue weighted by atomic mass is 10.0. The molecule has 0 spiro atoms. The Kier molecular flexibility index (Phi) is 5.82. The molecule has 0 saturated carbocycles. The SMILES string of the molecule is CC(C)c1ccc(NC=C(C#N)c2nc(-c3cccc([N+](=O)[O-])c3)cs2)cc1. The van der Waals surface area contributed by atoms with E-state index in [9.17, 15) is 15.4 Å². The molecule has 0 unspecified atom stereocenters. The summed E-state index contributed by atoms with van der Waals surface area (Å²) in [6.07, 6.45) is 1.63. The summed E-state index contributed by atoms with van der Waals surface area (Å²) in [4.78, 5) is 15.0. The van der Waals surface area contributed by atoms with Gasteiger partial charge in [0.15, 0.2) is 0 Å². The van der Waals surface area contributed by atoms with Crippen LogP contribution in [0.1, 0.15) is 30.3 Å². The number of nitriles is 1. The molecule has 0 bridgehead atoms. The molecular formula is C21H18N4O2S. The van der Waals surface area contributed by atoms with E-state index in [1.807, 2.05) is 12.1 Å². The summed E-state index contributed by atoms with van der Waals surface area (Å²) < 4.78 is 0. The van der Waals surface area contributed by atoms with E-state index in [0.717, 1.165) is 5.69 Å². The summed E-state index contributed by atoms with van der Waals surface area (Å²) >= 11 is 1.32. The maximum Gasteiger partial charge on any atom is 0.270 e. The normalized spacial score (nSPS) is 11.3. The molecule has 3 aromatic rings. The first-order valence-corrected chi connectivity index (χ1v) is 9.53. The topological polar surface area (TPSA) is 91.8 Å². The second-order valence-corrected chi connectivity index (χ2v) is 7.29. The number of allylic oxidation sites excluding steroid dienone is 1. The van der Waals surface area contributed by atoms with Crippen LogP contribution in [0.15, 0.2) is 60.1 Å². The van der Waals surface area contributed by atoms with E-state index < -0.39 is 4.92 Å². The highest BCUT2D eigenvalue weighted by Gasteiger charge is 2.12. The number of hydrogen-bond acceptors (Lipinski definition) is 6. The van der Waals surface area contributed by atoms with Crippen LogP contribution in [0.5, 0.6) is 0 Å². The highest BCUT2D eigenvalue weighted by molar-refractivity contribution is 7.11. The number of nitrogens with one attached hydrogen (secondary N) is 1. The third-order valence-electron chi connectivity index (χ3n) is 4.17. The number of hydrogen-bond donors (Lipinski definition) is 1. The van der Waals surface area contributed by atoms with Crippen LogP contribution < -0.4 is 5.32 Å². The molecule has 0 saturated heterocycles. The number of rotatable bonds is 6. The Morgan fingerprint density at radius 2 is 2.04 bits per heavy atom. The smallest absolute Gasteiger partial charge is 0.270 e. The fourth-order valence-corrected chi connectivity index (χ4v) is 3.37. The lowest BCUT2D eigenvalue weighted by molar-refractivity contribution is -0.384. The van der Waals surface area contributed by atoms with Crippen LogP contribution in [-0.4, -0.2) is 9.91 Å². The summed E-state index contributed by atoms with van der Waals surface area (Å²) in [6, 6.07) is 16.5. The molecule has 2 aromatic carbocycles. The molecule has 3 rings (SSSR count). The van der Waals surface area contributed by atoms with Crippen LogP contribution >= 0.6 is 11.3 Å². The van der Waals surface area contributed by atoms with Gasteiger partial charge in [-0.05, 0) is 23.6 Å². The van der Waals surface area contributed by atoms with Crippen molar-refractivity contribution in [1.82, 2.24) is 4.98 Å². The van der Waals surface area contributed by atoms with E-state index in [2.05, 4.69) is 42.4 Å². The Morgan fingerprint density at radius 1 is 1.29 bits per heavy atom. The molecule has 0 atom stereocenters. The Hall–Kier alpha value is -3.50. The van der Waals surface area contributed by atoms with Gasteiger partial charge in [0.1, 0.15) is 16.6 Å². The van der Waals surface area contributed by atoms with Gasteiger partial charge in [-0.3, -0.25) is 10.1 Å². The predicted octanol–water partition coefficient (Wildman–Crippen LogP) is 5.82. The predicted molar refractivity (Wildman–Crippen MR) is 112 cm³/mol. The van der Waals surface area contributed by atoms with Crippen molar-refractivity contribution in [2.45, 2.75) is 19.8 Å². The van der Waals surface area contributed by atoms with Gasteiger partial charge in [-0.2, -0.15) is 5.26 Å². The molecule has 6 nitrogen and oxygen atoms in total. The number of benzene rings is 2. The minimum Gasteiger partial charge on any atom is -0.360 e. The standard InChI is InChI=1S/C21H18N4O2S/c1-14(2)15-6-8-18(9-7-15)23-12-17(11-22)21-24-20(13-28-21)16-4-3-5-19(10-16)25(26)27/h3-10,12-14,23H,1-2H3. The van der Waals surface area contributed by atoms with Crippen LogP contribution in [0.4, 0.5) is 11.4 Å². The molecule has 7 heteroatoms. The number of nitro benzene ring substituents is 1. The van der Waals surface area contributed by atoms with Gasteiger partial charge in [0.25, 0.3) is 5.69 Å². The van der Waals surface area contributed by atoms with Gasteiger partial charge in [-0.15, -0.1) is 11.3 Å². The second kappa shape index (κ2) is 8.46. The van der Waals surface area contributed by atoms with E-state index in [-0.39, 0.29) is 5.69 Å². The van der Waals surface area contributed by atoms with Crippen LogP contribution in [0.25, 0.3) is 16.8 Å². The fraction of sp³-hybridized carbons (Fsp3) is 0.143. The summed E-state index contributed by atoms with van der Waals surface area (Å²) in [5, 5.41) is 25.9. The third-order valence-corrected chi connectivity index (χ3v) is 5.04. The van der Waals surface area contributed by atoms with Gasteiger partial charge < -0.3 is 5.32 Å². The van der Waals surface area contributed by atoms with Crippen LogP contribution in [0, 0.1) is 21.4 Å². The van der Waals surface area contributed by atoms with Crippen molar-refractivity contribution >= 4 is 28.3 Å². The number of anilines is 1. The molecule has 0 radical (unpaired) electrons. The van der Waals surface area contributed by atoms with Crippen molar-refractivity contribution < 1.29 is 4.92 Å². The molecule has 28 heavy (non-hydrogen) atoms. The first-order chi connectivity index (χ1) is 13.5. The first-order valence-electron chi connectivity index (χ1n) is 8.65. The molecule has 1 aromatic heterocycles. The van der Waals surface area contributed by atoms with Gasteiger partial charge in [-0.1, -0.05) is 38.1 Å². The largest absolute Gasteiger partial charge is 0.360 e. The Bertz CT molecular complexity index is 1060. The van der Waals surface area contributed by atoms with E-state index in [1.54, 1.807) is 23.7 Å². The highest BCUT2D eigenvalue weighted by Crippen LogP contribution is 2.28. The van der Waals surface area contributed by atoms with Crippen molar-refractivity contribution in [1.29, 1.82) is 5.26 Å². The molecular weight excluding hydrogens is 372 g/mol. The Morgan fingerprint density at radius 3 is 2.68 bits per heavy atom. The third kappa shape index (κ3) is 4.42. The minimum absolute atomic E-state index is 0.00890. The monoisotopic (exact) mass is 390 g/mol. The molecule has 0 fully saturated rings. The van der Waals surface area contributed by atoms with Gasteiger partial charge in [-0.25, -0.2) is 4.98 Å². The second-order valence-electron chi connectivity index (χ2n) is 6.44. The van der Waals surface area contributed by atoms with Crippen LogP contribution in [0.3, 0.4) is 0 Å². The van der Waals surface area contributed by atoms with Crippen molar-refractivity contribution in [3.05, 3.63) is 80.8 Å². The highest BCUT2D eigenvalue weighted by atomic mass is 32.1. The molecule has 140 valence electrons. The van der Waals surface area contributed by atoms with E-state index in [4.69, 9.17) is 0 Å². The van der Waals surface area contributed by atoms with E-state index in [0.29, 0.717) is 27.8 Å². The van der Waals surface area contributed by atoms with E-state index >= 15 is 0 Å². The fourth-order valence-electron chi connectivity index (χ4n) is 2.57. The Balaban J connectivity index is 1.80. The summed E-state index contributed by atoms with van der Waals surface area (Å²) in [5.74, 6) is 0.460. The van der Waals surface area contributed by atoms with Gasteiger partial charge in [0.2, 0.25) is 0 Å². The molecule has 0 amide bonds. The number of thiazole rings is 1. The molecule has 1 N–H and O–H groups in total. The Labute approximate surface area is 167 Å². The van der Waals surface area contributed by atoms with Gasteiger partial charge in [0, 0.05) is 35.0 Å². The zero-order chi connectivity index (χ0) is 20.1. The first kappa shape index (κ1) is 19.3. The van der Waals surface area contributed by atoms with E-state index in [1.165, 1.54) is 29.0 Å². The van der Waals surface area contributed by atoms with Gasteiger partial charge in [0.05, 0.1) is 10.6 Å². The average molecular weight is 390 g/mol.